The molecule has 0 fully saturated rings. The minimum atomic E-state index is -0.325. The fraction of sp³-hybridized carbons (Fsp3) is 0.0952. The summed E-state index contributed by atoms with van der Waals surface area (Å²) in [5.41, 5.74) is 3.08. The molecule has 140 valence electrons. The fourth-order valence-electron chi connectivity index (χ4n) is 3.02. The second-order valence-corrected chi connectivity index (χ2v) is 8.15. The lowest BCUT2D eigenvalue weighted by atomic mass is 10.1. The first-order chi connectivity index (χ1) is 13.5. The van der Waals surface area contributed by atoms with Crippen LogP contribution in [-0.4, -0.2) is 15.5 Å². The molecule has 0 saturated heterocycles. The Hall–Kier alpha value is -2.47. The van der Waals surface area contributed by atoms with E-state index in [9.17, 15) is 4.79 Å². The molecule has 1 amide bonds. The number of benzene rings is 2. The normalized spacial score (nSPS) is 12.0. The number of fused-ring (bicyclic) bond motifs is 2. The SMILES string of the molecule is C=CCn1c(=NC(=O)c2ccc3nc(C)ccc3c2)sc2cc(Cl)cc(Cl)c21. The molecule has 28 heavy (non-hydrogen) atoms. The Balaban J connectivity index is 1.86. The van der Waals surface area contributed by atoms with E-state index in [0.29, 0.717) is 27.0 Å². The summed E-state index contributed by atoms with van der Waals surface area (Å²) in [6.07, 6.45) is 1.74. The molecule has 2 heterocycles. The Labute approximate surface area is 175 Å². The summed E-state index contributed by atoms with van der Waals surface area (Å²) in [4.78, 5) is 22.2. The first kappa shape index (κ1) is 18.9. The quantitative estimate of drug-likeness (QED) is 0.388. The predicted molar refractivity (Wildman–Crippen MR) is 116 cm³/mol. The third-order valence-corrected chi connectivity index (χ3v) is 5.81. The number of halogens is 2. The van der Waals surface area contributed by atoms with Crippen LogP contribution in [0, 0.1) is 6.92 Å². The molecule has 7 heteroatoms. The van der Waals surface area contributed by atoms with Gasteiger partial charge in [-0.25, -0.2) is 0 Å². The van der Waals surface area contributed by atoms with Crippen LogP contribution in [0.2, 0.25) is 10.0 Å². The van der Waals surface area contributed by atoms with Gasteiger partial charge in [-0.2, -0.15) is 4.99 Å². The molecule has 0 aliphatic carbocycles. The Morgan fingerprint density at radius 2 is 2.07 bits per heavy atom. The van der Waals surface area contributed by atoms with Crippen LogP contribution in [0.3, 0.4) is 0 Å². The Bertz CT molecular complexity index is 1320. The molecule has 0 unspecified atom stereocenters. The van der Waals surface area contributed by atoms with E-state index in [2.05, 4.69) is 16.6 Å². The van der Waals surface area contributed by atoms with Gasteiger partial charge in [0.15, 0.2) is 4.80 Å². The number of allylic oxidation sites excluding steroid dienone is 1. The molecular formula is C21H15Cl2N3OS. The van der Waals surface area contributed by atoms with Gasteiger partial charge in [-0.15, -0.1) is 6.58 Å². The standard InChI is InChI=1S/C21H15Cl2N3OS/c1-3-8-26-19-16(23)10-15(22)11-18(19)28-21(26)25-20(27)14-6-7-17-13(9-14)5-4-12(2)24-17/h3-7,9-11H,1,8H2,2H3. The molecule has 0 radical (unpaired) electrons. The summed E-state index contributed by atoms with van der Waals surface area (Å²) in [5, 5.41) is 1.96. The minimum absolute atomic E-state index is 0.325. The van der Waals surface area contributed by atoms with E-state index in [-0.39, 0.29) is 5.91 Å². The smallest absolute Gasteiger partial charge is 0.279 e. The van der Waals surface area contributed by atoms with Crippen molar-refractivity contribution < 1.29 is 4.79 Å². The van der Waals surface area contributed by atoms with Gasteiger partial charge in [-0.05, 0) is 43.3 Å². The Morgan fingerprint density at radius 1 is 1.25 bits per heavy atom. The number of rotatable bonds is 3. The highest BCUT2D eigenvalue weighted by Crippen LogP contribution is 2.29. The summed E-state index contributed by atoms with van der Waals surface area (Å²) in [6, 6.07) is 12.8. The molecule has 0 atom stereocenters. The van der Waals surface area contributed by atoms with Crippen LogP contribution >= 0.6 is 34.5 Å². The van der Waals surface area contributed by atoms with Crippen LogP contribution in [0.15, 0.2) is 60.1 Å². The molecule has 2 aromatic carbocycles. The van der Waals surface area contributed by atoms with E-state index < -0.39 is 0 Å². The van der Waals surface area contributed by atoms with Crippen molar-refractivity contribution in [3.05, 3.63) is 81.2 Å². The van der Waals surface area contributed by atoms with Crippen LogP contribution in [0.4, 0.5) is 0 Å². The summed E-state index contributed by atoms with van der Waals surface area (Å²) in [7, 11) is 0. The van der Waals surface area contributed by atoms with E-state index in [1.807, 2.05) is 41.8 Å². The molecule has 4 nitrogen and oxygen atoms in total. The minimum Gasteiger partial charge on any atom is -0.311 e. The van der Waals surface area contributed by atoms with Crippen LogP contribution in [0.25, 0.3) is 21.1 Å². The lowest BCUT2D eigenvalue weighted by molar-refractivity contribution is 0.0998. The van der Waals surface area contributed by atoms with Crippen molar-refractivity contribution >= 4 is 61.6 Å². The maximum absolute atomic E-state index is 12.8. The molecule has 0 spiro atoms. The van der Waals surface area contributed by atoms with Gasteiger partial charge < -0.3 is 4.57 Å². The zero-order valence-corrected chi connectivity index (χ0v) is 17.3. The summed E-state index contributed by atoms with van der Waals surface area (Å²) in [6.45, 7) is 6.21. The van der Waals surface area contributed by atoms with Crippen molar-refractivity contribution in [2.75, 3.05) is 0 Å². The molecule has 4 aromatic rings. The van der Waals surface area contributed by atoms with Crippen LogP contribution in [0.5, 0.6) is 0 Å². The number of nitrogens with zero attached hydrogens (tertiary/aromatic N) is 3. The molecule has 0 aliphatic rings. The van der Waals surface area contributed by atoms with Crippen molar-refractivity contribution in [1.29, 1.82) is 0 Å². The number of pyridine rings is 1. The van der Waals surface area contributed by atoms with Crippen molar-refractivity contribution in [2.45, 2.75) is 13.5 Å². The zero-order valence-electron chi connectivity index (χ0n) is 14.9. The molecular weight excluding hydrogens is 413 g/mol. The van der Waals surface area contributed by atoms with Gasteiger partial charge in [0.25, 0.3) is 5.91 Å². The summed E-state index contributed by atoms with van der Waals surface area (Å²) >= 11 is 13.9. The Morgan fingerprint density at radius 3 is 2.86 bits per heavy atom. The van der Waals surface area contributed by atoms with Crippen LogP contribution in [-0.2, 0) is 6.54 Å². The summed E-state index contributed by atoms with van der Waals surface area (Å²) < 4.78 is 2.74. The van der Waals surface area contributed by atoms with E-state index in [4.69, 9.17) is 23.2 Å². The number of amides is 1. The second kappa shape index (κ2) is 7.51. The lowest BCUT2D eigenvalue weighted by Gasteiger charge is -2.04. The molecule has 0 bridgehead atoms. The average Bonchev–Trinajstić information content (AvgIpc) is 2.98. The highest BCUT2D eigenvalue weighted by atomic mass is 35.5. The molecule has 0 N–H and O–H groups in total. The highest BCUT2D eigenvalue weighted by molar-refractivity contribution is 7.16. The van der Waals surface area contributed by atoms with E-state index >= 15 is 0 Å². The van der Waals surface area contributed by atoms with Gasteiger partial charge in [-0.1, -0.05) is 46.7 Å². The number of hydrogen-bond acceptors (Lipinski definition) is 3. The maximum atomic E-state index is 12.8. The van der Waals surface area contributed by atoms with Gasteiger partial charge in [0.2, 0.25) is 0 Å². The van der Waals surface area contributed by atoms with Gasteiger partial charge >= 0.3 is 0 Å². The largest absolute Gasteiger partial charge is 0.311 e. The molecule has 4 rings (SSSR count). The van der Waals surface area contributed by atoms with E-state index in [0.717, 1.165) is 26.8 Å². The van der Waals surface area contributed by atoms with Gasteiger partial charge in [0.1, 0.15) is 0 Å². The average molecular weight is 428 g/mol. The second-order valence-electron chi connectivity index (χ2n) is 6.30. The van der Waals surface area contributed by atoms with E-state index in [1.165, 1.54) is 11.3 Å². The predicted octanol–water partition coefficient (Wildman–Crippen LogP) is 5.79. The number of thiazole rings is 1. The highest BCUT2D eigenvalue weighted by Gasteiger charge is 2.13. The maximum Gasteiger partial charge on any atom is 0.279 e. The number of carbonyl (C=O) groups excluding carboxylic acids is 1. The van der Waals surface area contributed by atoms with Crippen molar-refractivity contribution in [3.63, 3.8) is 0 Å². The first-order valence-corrected chi connectivity index (χ1v) is 10.1. The van der Waals surface area contributed by atoms with Crippen molar-refractivity contribution in [1.82, 2.24) is 9.55 Å². The Kier molecular flexibility index (Phi) is 5.06. The topological polar surface area (TPSA) is 47.2 Å². The fourth-order valence-corrected chi connectivity index (χ4v) is 4.84. The molecule has 0 aliphatic heterocycles. The number of carbonyl (C=O) groups is 1. The van der Waals surface area contributed by atoms with E-state index in [1.54, 1.807) is 18.2 Å². The monoisotopic (exact) mass is 427 g/mol. The van der Waals surface area contributed by atoms with Gasteiger partial charge in [0.05, 0.1) is 20.8 Å². The molecule has 0 saturated carbocycles. The summed E-state index contributed by atoms with van der Waals surface area (Å²) in [5.74, 6) is -0.325. The first-order valence-electron chi connectivity index (χ1n) is 8.52. The third-order valence-electron chi connectivity index (χ3n) is 4.28. The number of hydrogen-bond donors (Lipinski definition) is 0. The van der Waals surface area contributed by atoms with Crippen molar-refractivity contribution in [3.8, 4) is 0 Å². The van der Waals surface area contributed by atoms with Crippen molar-refractivity contribution in [2.24, 2.45) is 4.99 Å². The molecule has 2 aromatic heterocycles. The number of aromatic nitrogens is 2. The van der Waals surface area contributed by atoms with Gasteiger partial charge in [-0.3, -0.25) is 9.78 Å². The van der Waals surface area contributed by atoms with Crippen LogP contribution in [0.1, 0.15) is 16.1 Å². The van der Waals surface area contributed by atoms with Crippen LogP contribution < -0.4 is 4.80 Å². The lowest BCUT2D eigenvalue weighted by Crippen LogP contribution is -2.16. The van der Waals surface area contributed by atoms with Gasteiger partial charge in [0, 0.05) is 28.2 Å². The number of aryl methyl sites for hydroxylation is 1. The third kappa shape index (κ3) is 3.49. The zero-order chi connectivity index (χ0) is 19.8.